The van der Waals surface area contributed by atoms with E-state index >= 15 is 0 Å². The van der Waals surface area contributed by atoms with Crippen LogP contribution >= 0.6 is 11.3 Å². The molecule has 3 aromatic rings. The molecule has 164 valence electrons. The van der Waals surface area contributed by atoms with Gasteiger partial charge in [0, 0.05) is 18.5 Å². The largest absolute Gasteiger partial charge is 0.481 e. The molecule has 8 heteroatoms. The van der Waals surface area contributed by atoms with Crippen LogP contribution in [0, 0.1) is 13.8 Å². The monoisotopic (exact) mass is 440 g/mol. The van der Waals surface area contributed by atoms with Gasteiger partial charge >= 0.3 is 5.97 Å². The molecule has 0 atom stereocenters. The van der Waals surface area contributed by atoms with Crippen LogP contribution in [0.5, 0.6) is 0 Å². The third-order valence-electron chi connectivity index (χ3n) is 4.15. The van der Waals surface area contributed by atoms with Gasteiger partial charge in [-0.1, -0.05) is 19.9 Å². The van der Waals surface area contributed by atoms with E-state index in [-0.39, 0.29) is 18.6 Å². The molecule has 2 N–H and O–H groups in total. The highest BCUT2D eigenvalue weighted by atomic mass is 32.1. The van der Waals surface area contributed by atoms with Crippen molar-refractivity contribution < 1.29 is 14.7 Å². The number of hydrogen-bond acceptors (Lipinski definition) is 7. The molecule has 31 heavy (non-hydrogen) atoms. The van der Waals surface area contributed by atoms with E-state index in [2.05, 4.69) is 29.1 Å². The maximum atomic E-state index is 10.1. The van der Waals surface area contributed by atoms with Gasteiger partial charge in [0.15, 0.2) is 0 Å². The molecule has 7 nitrogen and oxygen atoms in total. The minimum absolute atomic E-state index is 0.0463. The van der Waals surface area contributed by atoms with E-state index in [1.54, 1.807) is 17.5 Å². The van der Waals surface area contributed by atoms with E-state index in [1.165, 1.54) is 12.5 Å². The van der Waals surface area contributed by atoms with E-state index in [0.29, 0.717) is 5.92 Å². The van der Waals surface area contributed by atoms with Crippen LogP contribution in [-0.2, 0) is 9.59 Å². The zero-order chi connectivity index (χ0) is 23.0. The number of carbonyl (C=O) groups excluding carboxylic acids is 1. The van der Waals surface area contributed by atoms with Gasteiger partial charge in [-0.15, -0.1) is 11.3 Å². The van der Waals surface area contributed by atoms with Crippen LogP contribution in [0.4, 0.5) is 11.6 Å². The number of carboxylic acids is 1. The highest BCUT2D eigenvalue weighted by Gasteiger charge is 2.13. The van der Waals surface area contributed by atoms with Crippen LogP contribution in [0.2, 0.25) is 0 Å². The fourth-order valence-electron chi connectivity index (χ4n) is 2.55. The lowest BCUT2D eigenvalue weighted by Crippen LogP contribution is -1.98. The number of aliphatic carboxylic acids is 1. The van der Waals surface area contributed by atoms with Gasteiger partial charge in [-0.25, -0.2) is 15.0 Å². The molecule has 0 aliphatic heterocycles. The molecular formula is C23H28N4O3S. The number of thiazole rings is 1. The Bertz CT molecular complexity index is 1030. The van der Waals surface area contributed by atoms with Crippen LogP contribution in [0.25, 0.3) is 10.6 Å². The van der Waals surface area contributed by atoms with E-state index in [0.717, 1.165) is 32.9 Å². The molecule has 3 rings (SSSR count). The zero-order valence-corrected chi connectivity index (χ0v) is 19.3. The fourth-order valence-corrected chi connectivity index (χ4v) is 3.59. The fraction of sp³-hybridized carbons (Fsp3) is 0.348. The Morgan fingerprint density at radius 2 is 1.84 bits per heavy atom. The molecule has 0 aliphatic rings. The van der Waals surface area contributed by atoms with Gasteiger partial charge in [-0.2, -0.15) is 0 Å². The number of nitrogens with one attached hydrogen (secondary N) is 1. The van der Waals surface area contributed by atoms with Crippen LogP contribution in [-0.4, -0.2) is 31.8 Å². The minimum Gasteiger partial charge on any atom is -0.481 e. The molecule has 3 aromatic heterocycles. The molecule has 0 radical (unpaired) electrons. The van der Waals surface area contributed by atoms with Crippen molar-refractivity contribution in [3.63, 3.8) is 0 Å². The van der Waals surface area contributed by atoms with Crippen LogP contribution < -0.4 is 5.32 Å². The first-order valence-electron chi connectivity index (χ1n) is 10.0. The Labute approximate surface area is 186 Å². The average Bonchev–Trinajstić information content (AvgIpc) is 3.09. The number of ketones is 1. The summed E-state index contributed by atoms with van der Waals surface area (Å²) in [5, 5.41) is 12.4. The molecule has 0 unspecified atom stereocenters. The predicted octanol–water partition coefficient (Wildman–Crippen LogP) is 5.52. The Morgan fingerprint density at radius 3 is 2.39 bits per heavy atom. The molecule has 0 saturated heterocycles. The summed E-state index contributed by atoms with van der Waals surface area (Å²) >= 11 is 1.72. The van der Waals surface area contributed by atoms with Crippen molar-refractivity contribution in [2.45, 2.75) is 53.4 Å². The quantitative estimate of drug-likeness (QED) is 0.498. The molecule has 0 aliphatic carbocycles. The summed E-state index contributed by atoms with van der Waals surface area (Å²) in [5.74, 6) is 1.04. The standard InChI is InChI=1S/C18H20N4S.C5H8O3/c1-11(2)18-20-13(4)17(23-18)14-6-5-7-15(21-14)22-16-10-12(3)8-9-19-16;1-4(6)2-3-5(7)8/h5-11H,1-4H3,(H,19,21,22);2-3H2,1H3,(H,7,8). The second kappa shape index (κ2) is 11.3. The molecule has 3 heterocycles. The molecule has 0 aromatic carbocycles. The third kappa shape index (κ3) is 7.90. The minimum atomic E-state index is -0.916. The Balaban J connectivity index is 0.000000366. The van der Waals surface area contributed by atoms with Gasteiger partial charge in [0.2, 0.25) is 0 Å². The summed E-state index contributed by atoms with van der Waals surface area (Å²) in [6.07, 6.45) is 1.90. The number of hydrogen-bond donors (Lipinski definition) is 2. The van der Waals surface area contributed by atoms with E-state index in [1.807, 2.05) is 44.2 Å². The van der Waals surface area contributed by atoms with Crippen molar-refractivity contribution in [1.29, 1.82) is 0 Å². The number of carbonyl (C=O) groups is 2. The topological polar surface area (TPSA) is 105 Å². The Morgan fingerprint density at radius 1 is 1.10 bits per heavy atom. The van der Waals surface area contributed by atoms with Gasteiger partial charge in [0.1, 0.15) is 17.4 Å². The van der Waals surface area contributed by atoms with Gasteiger partial charge in [0.05, 0.1) is 27.7 Å². The number of aryl methyl sites for hydroxylation is 2. The van der Waals surface area contributed by atoms with Crippen molar-refractivity contribution in [3.8, 4) is 10.6 Å². The number of nitrogens with zero attached hydrogens (tertiary/aromatic N) is 3. The number of Topliss-reactive ketones (excluding diaryl/α,β-unsaturated/α-hetero) is 1. The third-order valence-corrected chi connectivity index (χ3v) is 5.63. The number of carboxylic acid groups (broad SMARTS) is 1. The zero-order valence-electron chi connectivity index (χ0n) is 18.5. The molecule has 0 bridgehead atoms. The number of pyridine rings is 2. The molecule has 0 spiro atoms. The SMILES string of the molecule is CC(=O)CCC(=O)O.Cc1ccnc(Nc2cccc(-c3sc(C(C)C)nc3C)n2)c1. The van der Waals surface area contributed by atoms with Crippen molar-refractivity contribution >= 4 is 34.7 Å². The summed E-state index contributed by atoms with van der Waals surface area (Å²) in [5.41, 5.74) is 3.15. The first kappa shape index (κ1) is 24.1. The van der Waals surface area contributed by atoms with Gasteiger partial charge < -0.3 is 15.2 Å². The summed E-state index contributed by atoms with van der Waals surface area (Å²) in [4.78, 5) is 34.7. The summed E-state index contributed by atoms with van der Waals surface area (Å²) in [6, 6.07) is 9.97. The first-order chi connectivity index (χ1) is 14.7. The molecule has 0 saturated carbocycles. The maximum absolute atomic E-state index is 10.1. The Hall–Kier alpha value is -3.13. The Kier molecular flexibility index (Phi) is 8.81. The second-order valence-electron chi connectivity index (χ2n) is 7.47. The normalized spacial score (nSPS) is 10.4. The molecular weight excluding hydrogens is 412 g/mol. The lowest BCUT2D eigenvalue weighted by molar-refractivity contribution is -0.138. The predicted molar refractivity (Wildman–Crippen MR) is 124 cm³/mol. The number of rotatable bonds is 7. The van der Waals surface area contributed by atoms with E-state index in [9.17, 15) is 9.59 Å². The average molecular weight is 441 g/mol. The smallest absolute Gasteiger partial charge is 0.303 e. The highest BCUT2D eigenvalue weighted by Crippen LogP contribution is 2.32. The van der Waals surface area contributed by atoms with Crippen LogP contribution in [0.1, 0.15) is 55.8 Å². The lowest BCUT2D eigenvalue weighted by atomic mass is 10.2. The van der Waals surface area contributed by atoms with Crippen molar-refractivity contribution in [2.24, 2.45) is 0 Å². The van der Waals surface area contributed by atoms with Gasteiger partial charge in [-0.3, -0.25) is 4.79 Å². The number of aromatic nitrogens is 3. The van der Waals surface area contributed by atoms with E-state index in [4.69, 9.17) is 10.1 Å². The van der Waals surface area contributed by atoms with Crippen molar-refractivity contribution in [3.05, 3.63) is 52.8 Å². The maximum Gasteiger partial charge on any atom is 0.303 e. The molecule has 0 fully saturated rings. The van der Waals surface area contributed by atoms with Crippen LogP contribution in [0.3, 0.4) is 0 Å². The summed E-state index contributed by atoms with van der Waals surface area (Å²) < 4.78 is 0. The second-order valence-corrected chi connectivity index (χ2v) is 8.50. The van der Waals surface area contributed by atoms with E-state index < -0.39 is 5.97 Å². The number of anilines is 2. The van der Waals surface area contributed by atoms with Crippen molar-refractivity contribution in [2.75, 3.05) is 5.32 Å². The first-order valence-corrected chi connectivity index (χ1v) is 10.8. The van der Waals surface area contributed by atoms with Gasteiger partial charge in [-0.05, 0) is 50.6 Å². The van der Waals surface area contributed by atoms with Crippen molar-refractivity contribution in [1.82, 2.24) is 15.0 Å². The molecule has 0 amide bonds. The summed E-state index contributed by atoms with van der Waals surface area (Å²) in [7, 11) is 0. The highest BCUT2D eigenvalue weighted by molar-refractivity contribution is 7.15. The van der Waals surface area contributed by atoms with Gasteiger partial charge in [0.25, 0.3) is 0 Å². The lowest BCUT2D eigenvalue weighted by Gasteiger charge is -2.07. The summed E-state index contributed by atoms with van der Waals surface area (Å²) in [6.45, 7) is 9.79. The van der Waals surface area contributed by atoms with Crippen LogP contribution in [0.15, 0.2) is 36.5 Å².